The molecule has 0 atom stereocenters. The Labute approximate surface area is 157 Å². The van der Waals surface area contributed by atoms with Gasteiger partial charge in [-0.1, -0.05) is 35.1 Å². The lowest BCUT2D eigenvalue weighted by atomic mass is 10.2. The van der Waals surface area contributed by atoms with Crippen LogP contribution in [0.15, 0.2) is 52.9 Å². The predicted octanol–water partition coefficient (Wildman–Crippen LogP) is 3.56. The summed E-state index contributed by atoms with van der Waals surface area (Å²) < 4.78 is 37.5. The van der Waals surface area contributed by atoms with Crippen LogP contribution in [0.3, 0.4) is 0 Å². The number of nitrogens with zero attached hydrogens (tertiary/aromatic N) is 2. The number of rotatable bonds is 5. The van der Waals surface area contributed by atoms with Gasteiger partial charge in [-0.15, -0.1) is 10.2 Å². The molecule has 0 bridgehead atoms. The Hall–Kier alpha value is -2.36. The van der Waals surface area contributed by atoms with Crippen molar-refractivity contribution in [3.63, 3.8) is 0 Å². The average Bonchev–Trinajstić information content (AvgIpc) is 3.07. The molecule has 0 saturated heterocycles. The number of anilines is 1. The van der Waals surface area contributed by atoms with E-state index >= 15 is 0 Å². The normalized spacial score (nSPS) is 11.3. The number of sulfone groups is 1. The number of carbonyl (C=O) groups excluding carboxylic acids is 1. The summed E-state index contributed by atoms with van der Waals surface area (Å²) in [6.07, 6.45) is 0. The highest BCUT2D eigenvalue weighted by Gasteiger charge is 2.22. The highest BCUT2D eigenvalue weighted by atomic mass is 35.5. The smallest absolute Gasteiger partial charge is 0.257 e. The van der Waals surface area contributed by atoms with E-state index in [1.807, 2.05) is 0 Å². The van der Waals surface area contributed by atoms with E-state index in [9.17, 15) is 17.6 Å². The standard InChI is InChI=1S/C16H11ClFN3O3S2/c17-12-5-1-10(2-6-12)9-26(23,24)16-21-20-15(25-16)19-14(22)11-3-7-13(18)8-4-11/h1-8H,9H2,(H,19,20,22). The van der Waals surface area contributed by atoms with E-state index in [1.54, 1.807) is 24.3 Å². The molecule has 0 aliphatic rings. The van der Waals surface area contributed by atoms with Crippen molar-refractivity contribution in [1.82, 2.24) is 10.2 Å². The van der Waals surface area contributed by atoms with E-state index < -0.39 is 21.6 Å². The summed E-state index contributed by atoms with van der Waals surface area (Å²) in [6, 6.07) is 11.3. The van der Waals surface area contributed by atoms with E-state index in [0.29, 0.717) is 10.6 Å². The topological polar surface area (TPSA) is 89.0 Å². The van der Waals surface area contributed by atoms with Gasteiger partial charge in [0.2, 0.25) is 19.3 Å². The lowest BCUT2D eigenvalue weighted by molar-refractivity contribution is 0.102. The third-order valence-electron chi connectivity index (χ3n) is 3.27. The second-order valence-electron chi connectivity index (χ2n) is 5.22. The molecule has 0 fully saturated rings. The molecule has 1 amide bonds. The molecule has 1 aromatic heterocycles. The number of amides is 1. The molecule has 0 spiro atoms. The van der Waals surface area contributed by atoms with Crippen LogP contribution in [0, 0.1) is 5.82 Å². The minimum Gasteiger partial charge on any atom is -0.296 e. The molecule has 1 N–H and O–H groups in total. The van der Waals surface area contributed by atoms with Crippen LogP contribution in [-0.4, -0.2) is 24.5 Å². The summed E-state index contributed by atoms with van der Waals surface area (Å²) in [4.78, 5) is 12.1. The Morgan fingerprint density at radius 3 is 2.38 bits per heavy atom. The Bertz CT molecular complexity index is 1040. The summed E-state index contributed by atoms with van der Waals surface area (Å²) in [5.41, 5.74) is 0.772. The number of nitrogens with one attached hydrogen (secondary N) is 1. The molecule has 6 nitrogen and oxygen atoms in total. The zero-order chi connectivity index (χ0) is 18.7. The maximum Gasteiger partial charge on any atom is 0.257 e. The molecular weight excluding hydrogens is 401 g/mol. The van der Waals surface area contributed by atoms with Gasteiger partial charge in [0.05, 0.1) is 5.75 Å². The third kappa shape index (κ3) is 4.43. The van der Waals surface area contributed by atoms with Gasteiger partial charge in [0, 0.05) is 10.6 Å². The van der Waals surface area contributed by atoms with E-state index in [0.717, 1.165) is 23.5 Å². The Balaban J connectivity index is 1.73. The van der Waals surface area contributed by atoms with Crippen molar-refractivity contribution in [2.75, 3.05) is 5.32 Å². The SMILES string of the molecule is O=C(Nc1nnc(S(=O)(=O)Cc2ccc(Cl)cc2)s1)c1ccc(F)cc1. The van der Waals surface area contributed by atoms with E-state index in [4.69, 9.17) is 11.6 Å². The summed E-state index contributed by atoms with van der Waals surface area (Å²) >= 11 is 6.53. The largest absolute Gasteiger partial charge is 0.296 e. The van der Waals surface area contributed by atoms with Gasteiger partial charge < -0.3 is 0 Å². The molecule has 3 aromatic rings. The maximum atomic E-state index is 12.9. The highest BCUT2D eigenvalue weighted by molar-refractivity contribution is 7.92. The van der Waals surface area contributed by atoms with Gasteiger partial charge in [-0.3, -0.25) is 10.1 Å². The molecule has 0 aliphatic carbocycles. The number of benzene rings is 2. The zero-order valence-electron chi connectivity index (χ0n) is 13.0. The van der Waals surface area contributed by atoms with Crippen molar-refractivity contribution in [1.29, 1.82) is 0 Å². The van der Waals surface area contributed by atoms with Crippen LogP contribution in [0.2, 0.25) is 5.02 Å². The van der Waals surface area contributed by atoms with Crippen LogP contribution in [0.1, 0.15) is 15.9 Å². The van der Waals surface area contributed by atoms with Crippen LogP contribution in [0.5, 0.6) is 0 Å². The summed E-state index contributed by atoms with van der Waals surface area (Å²) in [6.45, 7) is 0. The summed E-state index contributed by atoms with van der Waals surface area (Å²) in [7, 11) is -3.71. The van der Waals surface area contributed by atoms with Gasteiger partial charge in [-0.25, -0.2) is 12.8 Å². The molecule has 26 heavy (non-hydrogen) atoms. The summed E-state index contributed by atoms with van der Waals surface area (Å²) in [5, 5.41) is 10.3. The number of halogens is 2. The first-order valence-corrected chi connectivity index (χ1v) is 10.1. The zero-order valence-corrected chi connectivity index (χ0v) is 15.4. The fourth-order valence-corrected chi connectivity index (χ4v) is 4.46. The molecule has 0 saturated carbocycles. The van der Waals surface area contributed by atoms with Crippen LogP contribution < -0.4 is 5.32 Å². The summed E-state index contributed by atoms with van der Waals surface area (Å²) in [5.74, 6) is -1.26. The highest BCUT2D eigenvalue weighted by Crippen LogP contribution is 2.24. The van der Waals surface area contributed by atoms with Gasteiger partial charge in [-0.05, 0) is 42.0 Å². The minimum atomic E-state index is -3.71. The monoisotopic (exact) mass is 411 g/mol. The van der Waals surface area contributed by atoms with E-state index in [1.165, 1.54) is 12.1 Å². The van der Waals surface area contributed by atoms with Crippen molar-refractivity contribution in [2.45, 2.75) is 10.1 Å². The number of hydrogen-bond acceptors (Lipinski definition) is 6. The van der Waals surface area contributed by atoms with Gasteiger partial charge in [0.15, 0.2) is 0 Å². The molecule has 0 radical (unpaired) electrons. The second kappa shape index (κ2) is 7.48. The molecule has 0 aliphatic heterocycles. The van der Waals surface area contributed by atoms with Gasteiger partial charge in [0.25, 0.3) is 5.91 Å². The predicted molar refractivity (Wildman–Crippen MR) is 96.6 cm³/mol. The van der Waals surface area contributed by atoms with Crippen LogP contribution in [-0.2, 0) is 15.6 Å². The van der Waals surface area contributed by atoms with Crippen LogP contribution >= 0.6 is 22.9 Å². The minimum absolute atomic E-state index is 0.0361. The molecule has 0 unspecified atom stereocenters. The van der Waals surface area contributed by atoms with Gasteiger partial charge >= 0.3 is 0 Å². The fraction of sp³-hybridized carbons (Fsp3) is 0.0625. The van der Waals surface area contributed by atoms with Crippen molar-refractivity contribution in [3.8, 4) is 0 Å². The van der Waals surface area contributed by atoms with Gasteiger partial charge in [0.1, 0.15) is 5.82 Å². The Morgan fingerprint density at radius 1 is 1.08 bits per heavy atom. The third-order valence-corrected chi connectivity index (χ3v) is 6.49. The van der Waals surface area contributed by atoms with Crippen molar-refractivity contribution in [2.24, 2.45) is 0 Å². The van der Waals surface area contributed by atoms with E-state index in [2.05, 4.69) is 15.5 Å². The molecule has 2 aromatic carbocycles. The van der Waals surface area contributed by atoms with Crippen LogP contribution in [0.25, 0.3) is 0 Å². The quantitative estimate of drug-likeness (QED) is 0.648. The Kier molecular flexibility index (Phi) is 5.30. The number of aromatic nitrogens is 2. The van der Waals surface area contributed by atoms with Crippen LogP contribution in [0.4, 0.5) is 9.52 Å². The van der Waals surface area contributed by atoms with E-state index in [-0.39, 0.29) is 20.8 Å². The fourth-order valence-electron chi connectivity index (χ4n) is 2.02. The number of hydrogen-bond donors (Lipinski definition) is 1. The lowest BCUT2D eigenvalue weighted by Crippen LogP contribution is -2.11. The Morgan fingerprint density at radius 2 is 1.73 bits per heavy atom. The van der Waals surface area contributed by atoms with Crippen molar-refractivity contribution < 1.29 is 17.6 Å². The molecule has 134 valence electrons. The first-order chi connectivity index (χ1) is 12.3. The second-order valence-corrected chi connectivity index (χ2v) is 8.80. The first-order valence-electron chi connectivity index (χ1n) is 7.21. The average molecular weight is 412 g/mol. The molecular formula is C16H11ClFN3O3S2. The first kappa shape index (κ1) is 18.4. The molecule has 10 heteroatoms. The molecule has 3 rings (SSSR count). The lowest BCUT2D eigenvalue weighted by Gasteiger charge is -2.01. The van der Waals surface area contributed by atoms with Gasteiger partial charge in [-0.2, -0.15) is 0 Å². The number of carbonyl (C=O) groups is 1. The van der Waals surface area contributed by atoms with Crippen molar-refractivity contribution >= 4 is 43.8 Å². The maximum absolute atomic E-state index is 12.9. The van der Waals surface area contributed by atoms with Crippen molar-refractivity contribution in [3.05, 3.63) is 70.5 Å². The molecule has 1 heterocycles.